The highest BCUT2D eigenvalue weighted by Crippen LogP contribution is 2.65. The zero-order valence-corrected chi connectivity index (χ0v) is 24.6. The Morgan fingerprint density at radius 2 is 1.66 bits per heavy atom. The number of Topliss-reactive ketones (excluding diaryl/α,β-unsaturated/α-hetero) is 3. The van der Waals surface area contributed by atoms with Gasteiger partial charge in [-0.3, -0.25) is 14.4 Å². The largest absolute Gasteiger partial charge is 0.508 e. The predicted octanol–water partition coefficient (Wildman–Crippen LogP) is 5.98. The van der Waals surface area contributed by atoms with E-state index in [0.717, 1.165) is 23.6 Å². The SMILES string of the molecule is CC(=O)C1=C(O)[C@]2(O)C(=O)C3=C(O)c4c(O)ccc(-c5cccc(C(C)C)c5)c4C[C@]3(C)C[C@]2(C)C(C(C)C)C1=O. The molecular formula is C34H38O7. The molecule has 2 aromatic rings. The molecule has 1 saturated carbocycles. The molecule has 0 heterocycles. The van der Waals surface area contributed by atoms with Gasteiger partial charge in [0.25, 0.3) is 0 Å². The van der Waals surface area contributed by atoms with Crippen LogP contribution in [0.15, 0.2) is 53.3 Å². The summed E-state index contributed by atoms with van der Waals surface area (Å²) in [6.07, 6.45) is 0.295. The van der Waals surface area contributed by atoms with Gasteiger partial charge in [-0.15, -0.1) is 0 Å². The van der Waals surface area contributed by atoms with Crippen LogP contribution < -0.4 is 0 Å². The maximum absolute atomic E-state index is 14.4. The minimum atomic E-state index is -2.62. The van der Waals surface area contributed by atoms with Crippen LogP contribution in [0.2, 0.25) is 0 Å². The highest BCUT2D eigenvalue weighted by atomic mass is 16.3. The van der Waals surface area contributed by atoms with Crippen molar-refractivity contribution in [3.05, 3.63) is 70.0 Å². The molecule has 41 heavy (non-hydrogen) atoms. The summed E-state index contributed by atoms with van der Waals surface area (Å²) in [6.45, 7) is 12.3. The number of aromatic hydroxyl groups is 1. The number of carbonyl (C=O) groups excluding carboxylic acids is 3. The van der Waals surface area contributed by atoms with Gasteiger partial charge in [0.1, 0.15) is 22.8 Å². The standard InChI is InChI=1S/C34H38O7/c1-16(2)19-9-8-10-20(13-19)21-11-12-23(36)25-22(21)14-32(6)15-33(7)26(17(3)4)28(37)24(18(5)35)30(39)34(33,41)31(40)27(32)29(25)38/h8-13,16-17,26,36,38-39,41H,14-15H2,1-7H3/t26?,32-,33-,34+/m1/s1. The fraction of sp³-hybridized carbons (Fsp3) is 0.441. The summed E-state index contributed by atoms with van der Waals surface area (Å²) < 4.78 is 0. The number of rotatable bonds is 4. The van der Waals surface area contributed by atoms with Crippen LogP contribution in [-0.4, -0.2) is 43.4 Å². The lowest BCUT2D eigenvalue weighted by Crippen LogP contribution is -2.69. The van der Waals surface area contributed by atoms with Gasteiger partial charge in [-0.1, -0.05) is 71.9 Å². The van der Waals surface area contributed by atoms with Gasteiger partial charge in [-0.25, -0.2) is 0 Å². The summed E-state index contributed by atoms with van der Waals surface area (Å²) in [5, 5.41) is 46.1. The van der Waals surface area contributed by atoms with Gasteiger partial charge in [-0.05, 0) is 59.9 Å². The zero-order valence-electron chi connectivity index (χ0n) is 24.6. The Hall–Kier alpha value is -3.71. The van der Waals surface area contributed by atoms with Crippen molar-refractivity contribution in [2.24, 2.45) is 22.7 Å². The lowest BCUT2D eigenvalue weighted by Gasteiger charge is -2.59. The second-order valence-electron chi connectivity index (χ2n) is 13.2. The van der Waals surface area contributed by atoms with Gasteiger partial charge in [0.05, 0.1) is 5.56 Å². The first-order valence-electron chi connectivity index (χ1n) is 14.2. The summed E-state index contributed by atoms with van der Waals surface area (Å²) in [5.74, 6) is -4.97. The maximum Gasteiger partial charge on any atom is 0.203 e. The summed E-state index contributed by atoms with van der Waals surface area (Å²) in [4.78, 5) is 40.6. The van der Waals surface area contributed by atoms with Crippen molar-refractivity contribution in [2.45, 2.75) is 72.8 Å². The van der Waals surface area contributed by atoms with E-state index in [1.54, 1.807) is 26.8 Å². The van der Waals surface area contributed by atoms with E-state index in [1.807, 2.05) is 25.1 Å². The Bertz CT molecular complexity index is 1590. The molecule has 216 valence electrons. The van der Waals surface area contributed by atoms with Crippen LogP contribution in [0.4, 0.5) is 0 Å². The number of hydrogen-bond donors (Lipinski definition) is 4. The molecule has 0 spiro atoms. The van der Waals surface area contributed by atoms with E-state index in [4.69, 9.17) is 0 Å². The number of ketones is 3. The summed E-state index contributed by atoms with van der Waals surface area (Å²) in [6, 6.07) is 11.3. The van der Waals surface area contributed by atoms with Crippen LogP contribution in [0.25, 0.3) is 16.9 Å². The molecule has 3 aliphatic carbocycles. The molecule has 1 unspecified atom stereocenters. The number of fused-ring (bicyclic) bond motifs is 3. The van der Waals surface area contributed by atoms with Crippen molar-refractivity contribution in [1.82, 2.24) is 0 Å². The van der Waals surface area contributed by atoms with Crippen molar-refractivity contribution in [1.29, 1.82) is 0 Å². The fourth-order valence-electron chi connectivity index (χ4n) is 8.05. The van der Waals surface area contributed by atoms with Crippen molar-refractivity contribution in [3.63, 3.8) is 0 Å². The number of phenols is 1. The number of hydrogen-bond acceptors (Lipinski definition) is 7. The minimum Gasteiger partial charge on any atom is -0.508 e. The number of benzene rings is 2. The molecule has 1 fully saturated rings. The minimum absolute atomic E-state index is 0.0615. The molecular weight excluding hydrogens is 520 g/mol. The molecule has 0 aromatic heterocycles. The van der Waals surface area contributed by atoms with E-state index < -0.39 is 56.8 Å². The van der Waals surface area contributed by atoms with E-state index in [9.17, 15) is 34.8 Å². The van der Waals surface area contributed by atoms with Crippen LogP contribution in [0.5, 0.6) is 5.75 Å². The van der Waals surface area contributed by atoms with Gasteiger partial charge in [-0.2, -0.15) is 0 Å². The third-order valence-corrected chi connectivity index (χ3v) is 9.75. The molecule has 4 N–H and O–H groups in total. The topological polar surface area (TPSA) is 132 Å². The fourth-order valence-corrected chi connectivity index (χ4v) is 8.05. The van der Waals surface area contributed by atoms with Gasteiger partial charge < -0.3 is 20.4 Å². The summed E-state index contributed by atoms with van der Waals surface area (Å²) >= 11 is 0. The van der Waals surface area contributed by atoms with Crippen molar-refractivity contribution >= 4 is 23.1 Å². The maximum atomic E-state index is 14.4. The van der Waals surface area contributed by atoms with Crippen molar-refractivity contribution in [3.8, 4) is 16.9 Å². The zero-order chi connectivity index (χ0) is 30.4. The smallest absolute Gasteiger partial charge is 0.203 e. The van der Waals surface area contributed by atoms with Gasteiger partial charge in [0.2, 0.25) is 5.78 Å². The highest BCUT2D eigenvalue weighted by molar-refractivity contribution is 6.24. The van der Waals surface area contributed by atoms with Crippen molar-refractivity contribution in [2.75, 3.05) is 0 Å². The summed E-state index contributed by atoms with van der Waals surface area (Å²) in [5.41, 5.74) is -2.28. The van der Waals surface area contributed by atoms with Crippen LogP contribution in [-0.2, 0) is 20.8 Å². The Morgan fingerprint density at radius 1 is 1.00 bits per heavy atom. The number of carbonyl (C=O) groups is 3. The summed E-state index contributed by atoms with van der Waals surface area (Å²) in [7, 11) is 0. The molecule has 3 aliphatic rings. The molecule has 0 bridgehead atoms. The number of allylic oxidation sites excluding steroid dienone is 1. The normalized spacial score (nSPS) is 29.6. The molecule has 2 aromatic carbocycles. The molecule has 0 amide bonds. The van der Waals surface area contributed by atoms with Crippen LogP contribution in [0, 0.1) is 22.7 Å². The van der Waals surface area contributed by atoms with Crippen molar-refractivity contribution < 1.29 is 34.8 Å². The monoisotopic (exact) mass is 558 g/mol. The van der Waals surface area contributed by atoms with Crippen LogP contribution in [0.3, 0.4) is 0 Å². The lowest BCUT2D eigenvalue weighted by molar-refractivity contribution is -0.178. The van der Waals surface area contributed by atoms with Crippen LogP contribution in [0.1, 0.15) is 77.5 Å². The van der Waals surface area contributed by atoms with Gasteiger partial charge in [0, 0.05) is 22.3 Å². The van der Waals surface area contributed by atoms with Crippen LogP contribution >= 0.6 is 0 Å². The number of phenolic OH excluding ortho intramolecular Hbond substituents is 1. The van der Waals surface area contributed by atoms with E-state index in [0.29, 0.717) is 5.56 Å². The first-order chi connectivity index (χ1) is 19.0. The number of aliphatic hydroxyl groups excluding tert-OH is 2. The first-order valence-corrected chi connectivity index (χ1v) is 14.2. The van der Waals surface area contributed by atoms with E-state index in [2.05, 4.69) is 19.9 Å². The molecule has 0 saturated heterocycles. The molecule has 7 nitrogen and oxygen atoms in total. The van der Waals surface area contributed by atoms with E-state index in [1.165, 1.54) is 6.07 Å². The second-order valence-corrected chi connectivity index (χ2v) is 13.2. The Morgan fingerprint density at radius 3 is 2.24 bits per heavy atom. The Labute approximate surface area is 240 Å². The first kappa shape index (κ1) is 28.8. The molecule has 0 aliphatic heterocycles. The highest BCUT2D eigenvalue weighted by Gasteiger charge is 2.72. The average Bonchev–Trinajstić information content (AvgIpc) is 2.86. The molecule has 0 radical (unpaired) electrons. The Kier molecular flexibility index (Phi) is 6.43. The average molecular weight is 559 g/mol. The van der Waals surface area contributed by atoms with Gasteiger partial charge >= 0.3 is 0 Å². The third kappa shape index (κ3) is 3.71. The lowest BCUT2D eigenvalue weighted by atomic mass is 9.43. The van der Waals surface area contributed by atoms with E-state index in [-0.39, 0.29) is 41.6 Å². The molecule has 5 rings (SSSR count). The second kappa shape index (κ2) is 9.15. The molecule has 4 atom stereocenters. The molecule has 7 heteroatoms. The van der Waals surface area contributed by atoms with E-state index >= 15 is 0 Å². The number of aliphatic hydroxyl groups is 3. The Balaban J connectivity index is 1.81. The third-order valence-electron chi connectivity index (χ3n) is 9.75. The predicted molar refractivity (Wildman–Crippen MR) is 155 cm³/mol. The quantitative estimate of drug-likeness (QED) is 0.339. The van der Waals surface area contributed by atoms with Gasteiger partial charge in [0.15, 0.2) is 17.2 Å².